The standard InChI is InChI=1S/C16H22FN3O/c1-10-8-11(4-7-19-10)16(21)20-14-3-2-12-9-18-6-5-13(12)15(14)17/h2-3,10-11,18-19H,4-9H2,1H3,(H,20,21)/t10-,11-/m0/s1. The molecule has 0 radical (unpaired) electrons. The monoisotopic (exact) mass is 291 g/mol. The van der Waals surface area contributed by atoms with Crippen molar-refractivity contribution in [1.82, 2.24) is 10.6 Å². The highest BCUT2D eigenvalue weighted by atomic mass is 19.1. The lowest BCUT2D eigenvalue weighted by Gasteiger charge is -2.27. The SMILES string of the molecule is C[C@H]1C[C@@H](C(=O)Nc2ccc3c(c2F)CCNC3)CCN1. The summed E-state index contributed by atoms with van der Waals surface area (Å²) in [4.78, 5) is 12.3. The van der Waals surface area contributed by atoms with Gasteiger partial charge in [-0.3, -0.25) is 4.79 Å². The molecule has 2 aliphatic heterocycles. The third-order valence-corrected chi connectivity index (χ3v) is 4.46. The number of carbonyl (C=O) groups is 1. The van der Waals surface area contributed by atoms with Crippen LogP contribution in [0.1, 0.15) is 30.9 Å². The number of carbonyl (C=O) groups excluding carboxylic acids is 1. The molecule has 3 N–H and O–H groups in total. The molecule has 0 unspecified atom stereocenters. The van der Waals surface area contributed by atoms with Crippen molar-refractivity contribution in [2.24, 2.45) is 5.92 Å². The summed E-state index contributed by atoms with van der Waals surface area (Å²) in [5.74, 6) is -0.348. The van der Waals surface area contributed by atoms with E-state index in [0.717, 1.165) is 37.1 Å². The van der Waals surface area contributed by atoms with Crippen molar-refractivity contribution in [3.8, 4) is 0 Å². The van der Waals surface area contributed by atoms with Crippen LogP contribution in [0, 0.1) is 11.7 Å². The summed E-state index contributed by atoms with van der Waals surface area (Å²) < 4.78 is 14.5. The number of hydrogen-bond donors (Lipinski definition) is 3. The van der Waals surface area contributed by atoms with Crippen molar-refractivity contribution in [2.45, 2.75) is 38.8 Å². The van der Waals surface area contributed by atoms with Gasteiger partial charge in [-0.25, -0.2) is 4.39 Å². The van der Waals surface area contributed by atoms with Gasteiger partial charge in [0, 0.05) is 18.5 Å². The van der Waals surface area contributed by atoms with Gasteiger partial charge in [-0.2, -0.15) is 0 Å². The molecule has 2 heterocycles. The maximum absolute atomic E-state index is 14.5. The minimum Gasteiger partial charge on any atom is -0.323 e. The Morgan fingerprint density at radius 2 is 2.24 bits per heavy atom. The Labute approximate surface area is 124 Å². The molecule has 0 aromatic heterocycles. The van der Waals surface area contributed by atoms with Gasteiger partial charge >= 0.3 is 0 Å². The molecule has 1 aromatic carbocycles. The summed E-state index contributed by atoms with van der Waals surface area (Å²) in [7, 11) is 0. The van der Waals surface area contributed by atoms with E-state index < -0.39 is 0 Å². The number of rotatable bonds is 2. The second-order valence-corrected chi connectivity index (χ2v) is 6.06. The molecule has 0 spiro atoms. The van der Waals surface area contributed by atoms with Gasteiger partial charge in [0.15, 0.2) is 0 Å². The van der Waals surface area contributed by atoms with Crippen molar-refractivity contribution < 1.29 is 9.18 Å². The Balaban J connectivity index is 1.74. The molecule has 2 atom stereocenters. The first-order valence-electron chi connectivity index (χ1n) is 7.70. The van der Waals surface area contributed by atoms with Gasteiger partial charge in [0.1, 0.15) is 5.82 Å². The molecular weight excluding hydrogens is 269 g/mol. The molecule has 2 aliphatic rings. The first-order valence-corrected chi connectivity index (χ1v) is 7.70. The van der Waals surface area contributed by atoms with E-state index in [4.69, 9.17) is 0 Å². The molecule has 1 aromatic rings. The van der Waals surface area contributed by atoms with E-state index in [2.05, 4.69) is 22.9 Å². The molecule has 4 nitrogen and oxygen atoms in total. The quantitative estimate of drug-likeness (QED) is 0.779. The van der Waals surface area contributed by atoms with Crippen molar-refractivity contribution >= 4 is 11.6 Å². The molecular formula is C16H22FN3O. The fourth-order valence-electron chi connectivity index (χ4n) is 3.23. The van der Waals surface area contributed by atoms with Crippen LogP contribution in [0.5, 0.6) is 0 Å². The van der Waals surface area contributed by atoms with E-state index in [9.17, 15) is 9.18 Å². The first-order chi connectivity index (χ1) is 10.1. The van der Waals surface area contributed by atoms with Gasteiger partial charge in [0.05, 0.1) is 5.69 Å². The zero-order chi connectivity index (χ0) is 14.8. The van der Waals surface area contributed by atoms with Crippen molar-refractivity contribution in [2.75, 3.05) is 18.4 Å². The number of halogens is 1. The molecule has 0 bridgehead atoms. The zero-order valence-electron chi connectivity index (χ0n) is 12.3. The number of nitrogens with one attached hydrogen (secondary N) is 3. The second kappa shape index (κ2) is 6.12. The fourth-order valence-corrected chi connectivity index (χ4v) is 3.23. The molecule has 3 rings (SSSR count). The third-order valence-electron chi connectivity index (χ3n) is 4.46. The Morgan fingerprint density at radius 3 is 3.05 bits per heavy atom. The van der Waals surface area contributed by atoms with Gasteiger partial charge in [-0.1, -0.05) is 6.07 Å². The summed E-state index contributed by atoms with van der Waals surface area (Å²) in [6, 6.07) is 3.93. The highest BCUT2D eigenvalue weighted by Crippen LogP contribution is 2.26. The number of benzene rings is 1. The van der Waals surface area contributed by atoms with Crippen LogP contribution in [-0.2, 0) is 17.8 Å². The normalized spacial score (nSPS) is 25.2. The summed E-state index contributed by atoms with van der Waals surface area (Å²) >= 11 is 0. The largest absolute Gasteiger partial charge is 0.323 e. The van der Waals surface area contributed by atoms with Crippen molar-refractivity contribution in [3.63, 3.8) is 0 Å². The maximum Gasteiger partial charge on any atom is 0.227 e. The number of anilines is 1. The van der Waals surface area contributed by atoms with Crippen LogP contribution < -0.4 is 16.0 Å². The second-order valence-electron chi connectivity index (χ2n) is 6.06. The highest BCUT2D eigenvalue weighted by Gasteiger charge is 2.26. The maximum atomic E-state index is 14.5. The van der Waals surface area contributed by atoms with Crippen LogP contribution in [-0.4, -0.2) is 25.0 Å². The van der Waals surface area contributed by atoms with Crippen LogP contribution in [0.2, 0.25) is 0 Å². The molecule has 5 heteroatoms. The molecule has 0 aliphatic carbocycles. The topological polar surface area (TPSA) is 53.2 Å². The van der Waals surface area contributed by atoms with Gasteiger partial charge in [0.2, 0.25) is 5.91 Å². The zero-order valence-corrected chi connectivity index (χ0v) is 12.3. The minimum absolute atomic E-state index is 0.0293. The fraction of sp³-hybridized carbons (Fsp3) is 0.562. The summed E-state index contributed by atoms with van der Waals surface area (Å²) in [5, 5.41) is 9.33. The number of amides is 1. The molecule has 1 fully saturated rings. The Kier molecular flexibility index (Phi) is 4.22. The van der Waals surface area contributed by atoms with Gasteiger partial charge in [-0.05, 0) is 56.5 Å². The van der Waals surface area contributed by atoms with Crippen LogP contribution >= 0.6 is 0 Å². The molecule has 1 saturated heterocycles. The number of piperidine rings is 1. The lowest BCUT2D eigenvalue weighted by atomic mass is 9.92. The van der Waals surface area contributed by atoms with E-state index in [0.29, 0.717) is 24.7 Å². The van der Waals surface area contributed by atoms with Gasteiger partial charge in [0.25, 0.3) is 0 Å². The van der Waals surface area contributed by atoms with Crippen LogP contribution in [0.25, 0.3) is 0 Å². The lowest BCUT2D eigenvalue weighted by molar-refractivity contribution is -0.120. The first kappa shape index (κ1) is 14.5. The van der Waals surface area contributed by atoms with Gasteiger partial charge in [-0.15, -0.1) is 0 Å². The smallest absolute Gasteiger partial charge is 0.227 e. The molecule has 0 saturated carbocycles. The highest BCUT2D eigenvalue weighted by molar-refractivity contribution is 5.93. The Morgan fingerprint density at radius 1 is 1.38 bits per heavy atom. The number of hydrogen-bond acceptors (Lipinski definition) is 3. The lowest BCUT2D eigenvalue weighted by Crippen LogP contribution is -2.40. The number of fused-ring (bicyclic) bond motifs is 1. The molecule has 21 heavy (non-hydrogen) atoms. The van der Waals surface area contributed by atoms with E-state index >= 15 is 0 Å². The predicted molar refractivity (Wildman–Crippen MR) is 80.6 cm³/mol. The van der Waals surface area contributed by atoms with Crippen LogP contribution in [0.3, 0.4) is 0 Å². The Hall–Kier alpha value is -1.46. The van der Waals surface area contributed by atoms with Gasteiger partial charge < -0.3 is 16.0 Å². The van der Waals surface area contributed by atoms with Crippen molar-refractivity contribution in [1.29, 1.82) is 0 Å². The van der Waals surface area contributed by atoms with E-state index in [-0.39, 0.29) is 17.6 Å². The molecule has 114 valence electrons. The Bertz CT molecular complexity index is 547. The van der Waals surface area contributed by atoms with Crippen molar-refractivity contribution in [3.05, 3.63) is 29.1 Å². The third kappa shape index (κ3) is 3.09. The minimum atomic E-state index is -0.260. The van der Waals surface area contributed by atoms with E-state index in [1.54, 1.807) is 6.07 Å². The van der Waals surface area contributed by atoms with Crippen LogP contribution in [0.4, 0.5) is 10.1 Å². The van der Waals surface area contributed by atoms with E-state index in [1.165, 1.54) is 0 Å². The summed E-state index contributed by atoms with van der Waals surface area (Å²) in [5.41, 5.74) is 2.06. The average molecular weight is 291 g/mol. The predicted octanol–water partition coefficient (Wildman–Crippen LogP) is 1.80. The van der Waals surface area contributed by atoms with Crippen LogP contribution in [0.15, 0.2) is 12.1 Å². The summed E-state index contributed by atoms with van der Waals surface area (Å²) in [6.45, 7) is 4.41. The average Bonchev–Trinajstić information content (AvgIpc) is 2.50. The van der Waals surface area contributed by atoms with E-state index in [1.807, 2.05) is 6.07 Å². The summed E-state index contributed by atoms with van der Waals surface area (Å²) in [6.07, 6.45) is 2.30. The molecule has 1 amide bonds.